The summed E-state index contributed by atoms with van der Waals surface area (Å²) in [6.07, 6.45) is 0. The van der Waals surface area contributed by atoms with Gasteiger partial charge in [0.2, 0.25) is 0 Å². The average molecular weight is 362 g/mol. The predicted octanol–water partition coefficient (Wildman–Crippen LogP) is 3.55. The van der Waals surface area contributed by atoms with E-state index < -0.39 is 10.9 Å². The minimum absolute atomic E-state index is 0.0809. The number of nitro groups is 1. The number of nitro benzene ring substituents is 1. The Kier molecular flexibility index (Phi) is 3.80. The lowest BCUT2D eigenvalue weighted by Crippen LogP contribution is -2.12. The number of aryl methyl sites for hydroxylation is 1. The van der Waals surface area contributed by atoms with Crippen molar-refractivity contribution in [3.63, 3.8) is 0 Å². The molecule has 0 aliphatic heterocycles. The summed E-state index contributed by atoms with van der Waals surface area (Å²) >= 11 is 0. The Morgan fingerprint density at radius 1 is 1.19 bits per heavy atom. The van der Waals surface area contributed by atoms with Gasteiger partial charge in [0.15, 0.2) is 5.65 Å². The zero-order valence-corrected chi connectivity index (χ0v) is 14.5. The molecule has 8 nitrogen and oxygen atoms in total. The topological polar surface area (TPSA) is 99.6 Å². The van der Waals surface area contributed by atoms with E-state index in [2.05, 4.69) is 10.1 Å². The van der Waals surface area contributed by atoms with E-state index in [9.17, 15) is 14.9 Å². The second kappa shape index (κ2) is 6.17. The van der Waals surface area contributed by atoms with Crippen molar-refractivity contribution in [2.24, 2.45) is 0 Å². The lowest BCUT2D eigenvalue weighted by molar-refractivity contribution is -0.384. The molecule has 0 amide bonds. The molecule has 0 saturated carbocycles. The number of esters is 1. The van der Waals surface area contributed by atoms with Gasteiger partial charge in [-0.3, -0.25) is 10.1 Å². The number of aromatic nitrogens is 3. The number of carbonyl (C=O) groups excluding carboxylic acids is 1. The highest BCUT2D eigenvalue weighted by Crippen LogP contribution is 2.31. The molecular weight excluding hydrogens is 348 g/mol. The Morgan fingerprint density at radius 3 is 2.70 bits per heavy atom. The number of non-ortho nitro benzene ring substituents is 1. The molecule has 0 saturated heterocycles. The highest BCUT2D eigenvalue weighted by Gasteiger charge is 2.24. The minimum atomic E-state index is -0.581. The first kappa shape index (κ1) is 16.6. The third-order valence-electron chi connectivity index (χ3n) is 4.36. The predicted molar refractivity (Wildman–Crippen MR) is 98.7 cm³/mol. The first-order valence-electron chi connectivity index (χ1n) is 8.12. The maximum absolute atomic E-state index is 12.5. The highest BCUT2D eigenvalue weighted by molar-refractivity contribution is 6.00. The number of carbonyl (C=O) groups is 1. The van der Waals surface area contributed by atoms with Crippen LogP contribution in [0.1, 0.15) is 16.1 Å². The van der Waals surface area contributed by atoms with E-state index in [1.165, 1.54) is 19.2 Å². The molecule has 0 unspecified atom stereocenters. The lowest BCUT2D eigenvalue weighted by atomic mass is 10.0. The van der Waals surface area contributed by atoms with Crippen molar-refractivity contribution in [3.8, 4) is 11.3 Å². The molecule has 0 radical (unpaired) electrons. The quantitative estimate of drug-likeness (QED) is 0.314. The number of hydrogen-bond donors (Lipinski definition) is 0. The second-order valence-electron chi connectivity index (χ2n) is 5.97. The van der Waals surface area contributed by atoms with Gasteiger partial charge in [-0.2, -0.15) is 5.10 Å². The fourth-order valence-corrected chi connectivity index (χ4v) is 3.15. The van der Waals surface area contributed by atoms with E-state index in [1.54, 1.807) is 23.6 Å². The molecule has 2 aromatic heterocycles. The van der Waals surface area contributed by atoms with E-state index in [0.29, 0.717) is 28.1 Å². The summed E-state index contributed by atoms with van der Waals surface area (Å²) in [5.74, 6) is -0.581. The number of benzene rings is 2. The van der Waals surface area contributed by atoms with Crippen LogP contribution in [0.15, 0.2) is 48.5 Å². The summed E-state index contributed by atoms with van der Waals surface area (Å²) in [5, 5.41) is 16.6. The van der Waals surface area contributed by atoms with Gasteiger partial charge in [-0.15, -0.1) is 0 Å². The van der Waals surface area contributed by atoms with Crippen molar-refractivity contribution in [2.75, 3.05) is 7.11 Å². The van der Waals surface area contributed by atoms with Crippen molar-refractivity contribution in [1.82, 2.24) is 14.6 Å². The first-order valence-corrected chi connectivity index (χ1v) is 8.12. The zero-order chi connectivity index (χ0) is 19.1. The van der Waals surface area contributed by atoms with Crippen LogP contribution >= 0.6 is 0 Å². The number of methoxy groups -OCH3 is 1. The zero-order valence-electron chi connectivity index (χ0n) is 14.5. The van der Waals surface area contributed by atoms with Crippen LogP contribution in [0.2, 0.25) is 0 Å². The van der Waals surface area contributed by atoms with Crippen LogP contribution in [0, 0.1) is 17.0 Å². The number of ether oxygens (including phenoxy) is 1. The van der Waals surface area contributed by atoms with Crippen LogP contribution in [0.5, 0.6) is 0 Å². The maximum atomic E-state index is 12.5. The van der Waals surface area contributed by atoms with Crippen LogP contribution in [-0.2, 0) is 4.74 Å². The van der Waals surface area contributed by atoms with Gasteiger partial charge in [0.1, 0.15) is 5.56 Å². The van der Waals surface area contributed by atoms with Crippen molar-refractivity contribution in [3.05, 3.63) is 69.9 Å². The molecule has 27 heavy (non-hydrogen) atoms. The van der Waals surface area contributed by atoms with Gasteiger partial charge in [0.25, 0.3) is 5.69 Å². The summed E-state index contributed by atoms with van der Waals surface area (Å²) in [7, 11) is 1.28. The fourth-order valence-electron chi connectivity index (χ4n) is 3.15. The Balaban J connectivity index is 2.17. The third-order valence-corrected chi connectivity index (χ3v) is 4.36. The average Bonchev–Trinajstić information content (AvgIpc) is 3.04. The minimum Gasteiger partial charge on any atom is -0.465 e. The molecule has 2 heterocycles. The third kappa shape index (κ3) is 2.58. The molecule has 4 rings (SSSR count). The SMILES string of the molecule is COC(=O)c1c(C)nc2c3ccccc3nn2c1-c1cccc([N+](=O)[O-])c1. The normalized spacial score (nSPS) is 11.0. The van der Waals surface area contributed by atoms with Crippen LogP contribution in [0.3, 0.4) is 0 Å². The largest absolute Gasteiger partial charge is 0.465 e. The van der Waals surface area contributed by atoms with Crippen LogP contribution in [-0.4, -0.2) is 32.6 Å². The molecule has 2 aromatic carbocycles. The molecule has 4 aromatic rings. The Morgan fingerprint density at radius 2 is 1.96 bits per heavy atom. The van der Waals surface area contributed by atoms with E-state index in [-0.39, 0.29) is 11.3 Å². The number of nitrogens with zero attached hydrogens (tertiary/aromatic N) is 4. The molecule has 0 fully saturated rings. The number of fused-ring (bicyclic) bond motifs is 3. The van der Waals surface area contributed by atoms with Gasteiger partial charge in [-0.05, 0) is 19.1 Å². The van der Waals surface area contributed by atoms with Gasteiger partial charge < -0.3 is 4.74 Å². The van der Waals surface area contributed by atoms with Crippen molar-refractivity contribution in [1.29, 1.82) is 0 Å². The Labute approximate surface area is 153 Å². The van der Waals surface area contributed by atoms with Gasteiger partial charge in [0.05, 0.1) is 28.9 Å². The van der Waals surface area contributed by atoms with Crippen molar-refractivity contribution in [2.45, 2.75) is 6.92 Å². The summed E-state index contributed by atoms with van der Waals surface area (Å²) in [5.41, 5.74) is 2.76. The standard InChI is InChI=1S/C19H14N4O4/c1-11-16(19(24)27-2)17(12-6-5-7-13(10-12)23(25)26)22-18(20-11)14-8-3-4-9-15(14)21-22/h3-10H,1-2H3. The van der Waals surface area contributed by atoms with Crippen molar-refractivity contribution >= 4 is 28.2 Å². The molecule has 134 valence electrons. The van der Waals surface area contributed by atoms with Crippen molar-refractivity contribution < 1.29 is 14.5 Å². The molecule has 0 atom stereocenters. The van der Waals surface area contributed by atoms with E-state index in [4.69, 9.17) is 4.74 Å². The molecule has 8 heteroatoms. The van der Waals surface area contributed by atoms with E-state index in [1.807, 2.05) is 24.3 Å². The smallest absolute Gasteiger partial charge is 0.341 e. The van der Waals surface area contributed by atoms with E-state index in [0.717, 1.165) is 5.39 Å². The summed E-state index contributed by atoms with van der Waals surface area (Å²) < 4.78 is 6.47. The summed E-state index contributed by atoms with van der Waals surface area (Å²) in [6, 6.07) is 13.5. The van der Waals surface area contributed by atoms with Crippen LogP contribution < -0.4 is 0 Å². The van der Waals surface area contributed by atoms with Gasteiger partial charge in [0, 0.05) is 23.1 Å². The van der Waals surface area contributed by atoms with Gasteiger partial charge >= 0.3 is 5.97 Å². The first-order chi connectivity index (χ1) is 13.0. The van der Waals surface area contributed by atoms with Gasteiger partial charge in [-0.25, -0.2) is 14.3 Å². The lowest BCUT2D eigenvalue weighted by Gasteiger charge is -2.12. The Bertz CT molecular complexity index is 1230. The molecule has 0 N–H and O–H groups in total. The fraction of sp³-hybridized carbons (Fsp3) is 0.105. The van der Waals surface area contributed by atoms with Crippen LogP contribution in [0.25, 0.3) is 27.8 Å². The molecule has 0 aliphatic rings. The summed E-state index contributed by atoms with van der Waals surface area (Å²) in [6.45, 7) is 1.70. The maximum Gasteiger partial charge on any atom is 0.341 e. The monoisotopic (exact) mass is 362 g/mol. The van der Waals surface area contributed by atoms with E-state index >= 15 is 0 Å². The van der Waals surface area contributed by atoms with Crippen LogP contribution in [0.4, 0.5) is 5.69 Å². The second-order valence-corrected chi connectivity index (χ2v) is 5.97. The highest BCUT2D eigenvalue weighted by atomic mass is 16.6. The number of hydrogen-bond acceptors (Lipinski definition) is 6. The number of rotatable bonds is 3. The molecular formula is C19H14N4O4. The Hall–Kier alpha value is -3.81. The molecule has 0 aliphatic carbocycles. The molecule has 0 bridgehead atoms. The van der Waals surface area contributed by atoms with Gasteiger partial charge in [-0.1, -0.05) is 24.3 Å². The molecule has 0 spiro atoms. The summed E-state index contributed by atoms with van der Waals surface area (Å²) in [4.78, 5) is 27.7.